The number of ether oxygens (including phenoxy) is 2. The largest absolute Gasteiger partial charge is 0.497 e. The molecule has 2 N–H and O–H groups in total. The molecule has 3 rings (SSSR count). The first-order valence-electron chi connectivity index (χ1n) is 7.89. The molecule has 1 aromatic carbocycles. The molecule has 0 bridgehead atoms. The molecule has 2 aromatic rings. The Balaban J connectivity index is 1.84. The molecule has 0 radical (unpaired) electrons. The second kappa shape index (κ2) is 6.95. The van der Waals surface area contributed by atoms with Gasteiger partial charge in [-0.05, 0) is 42.3 Å². The lowest BCUT2D eigenvalue weighted by Gasteiger charge is -2.27. The van der Waals surface area contributed by atoms with Crippen LogP contribution in [0, 0.1) is 5.92 Å². The SMILES string of the molecule is COc1ccc(S(=O)(=O)NCC(O)(c2cccs2)C2CC2)c(OC)c1. The van der Waals surface area contributed by atoms with Gasteiger partial charge < -0.3 is 14.6 Å². The van der Waals surface area contributed by atoms with Crippen LogP contribution < -0.4 is 14.2 Å². The van der Waals surface area contributed by atoms with E-state index in [1.807, 2.05) is 17.5 Å². The molecule has 1 fully saturated rings. The predicted octanol–water partition coefficient (Wildman–Crippen LogP) is 2.34. The molecule has 6 nitrogen and oxygen atoms in total. The zero-order chi connectivity index (χ0) is 18.1. The van der Waals surface area contributed by atoms with Crippen molar-refractivity contribution in [3.63, 3.8) is 0 Å². The highest BCUT2D eigenvalue weighted by molar-refractivity contribution is 7.89. The minimum atomic E-state index is -3.84. The number of rotatable bonds is 8. The van der Waals surface area contributed by atoms with Gasteiger partial charge in [-0.2, -0.15) is 0 Å². The normalized spacial score (nSPS) is 17.1. The van der Waals surface area contributed by atoms with Crippen molar-refractivity contribution < 1.29 is 23.0 Å². The summed E-state index contributed by atoms with van der Waals surface area (Å²) >= 11 is 1.43. The average molecular weight is 383 g/mol. The van der Waals surface area contributed by atoms with Crippen LogP contribution in [0.3, 0.4) is 0 Å². The molecule has 1 aliphatic carbocycles. The minimum Gasteiger partial charge on any atom is -0.497 e. The fraction of sp³-hybridized carbons (Fsp3) is 0.412. The second-order valence-corrected chi connectivity index (χ2v) is 8.70. The van der Waals surface area contributed by atoms with Gasteiger partial charge in [0.1, 0.15) is 22.0 Å². The van der Waals surface area contributed by atoms with Crippen molar-refractivity contribution >= 4 is 21.4 Å². The Morgan fingerprint density at radius 2 is 2.04 bits per heavy atom. The lowest BCUT2D eigenvalue weighted by atomic mass is 9.96. The van der Waals surface area contributed by atoms with Gasteiger partial charge in [-0.25, -0.2) is 13.1 Å². The number of benzene rings is 1. The number of aliphatic hydroxyl groups is 1. The summed E-state index contributed by atoms with van der Waals surface area (Å²) in [6.07, 6.45) is 1.78. The zero-order valence-electron chi connectivity index (χ0n) is 14.1. The number of nitrogens with one attached hydrogen (secondary N) is 1. The molecule has 0 saturated heterocycles. The molecular formula is C17H21NO5S2. The van der Waals surface area contributed by atoms with E-state index in [0.717, 1.165) is 17.7 Å². The van der Waals surface area contributed by atoms with Crippen molar-refractivity contribution in [2.45, 2.75) is 23.3 Å². The van der Waals surface area contributed by atoms with Crippen LogP contribution in [0.5, 0.6) is 11.5 Å². The standard InChI is InChI=1S/C17H21NO5S2/c1-22-13-7-8-15(14(10-13)23-2)25(20,21)18-11-17(19,12-5-6-12)16-4-3-9-24-16/h3-4,7-10,12,18-19H,5-6,11H2,1-2H3. The van der Waals surface area contributed by atoms with Gasteiger partial charge in [0.25, 0.3) is 0 Å². The van der Waals surface area contributed by atoms with Crippen LogP contribution in [0.15, 0.2) is 40.6 Å². The molecule has 1 unspecified atom stereocenters. The summed E-state index contributed by atoms with van der Waals surface area (Å²) in [7, 11) is -0.943. The first kappa shape index (κ1) is 18.2. The first-order chi connectivity index (χ1) is 11.9. The lowest BCUT2D eigenvalue weighted by Crippen LogP contribution is -2.42. The van der Waals surface area contributed by atoms with Crippen molar-refractivity contribution in [2.75, 3.05) is 20.8 Å². The molecule has 25 heavy (non-hydrogen) atoms. The Morgan fingerprint density at radius 1 is 1.28 bits per heavy atom. The minimum absolute atomic E-state index is 0.0140. The molecule has 1 aromatic heterocycles. The van der Waals surface area contributed by atoms with Crippen molar-refractivity contribution in [3.05, 3.63) is 40.6 Å². The molecule has 0 amide bonds. The maximum Gasteiger partial charge on any atom is 0.244 e. The van der Waals surface area contributed by atoms with Crippen molar-refractivity contribution in [1.82, 2.24) is 4.72 Å². The van der Waals surface area contributed by atoms with Gasteiger partial charge in [0.05, 0.1) is 14.2 Å². The van der Waals surface area contributed by atoms with Gasteiger partial charge in [0.15, 0.2) is 0 Å². The van der Waals surface area contributed by atoms with Gasteiger partial charge in [0.2, 0.25) is 10.0 Å². The fourth-order valence-electron chi connectivity index (χ4n) is 2.80. The molecule has 1 saturated carbocycles. The summed E-state index contributed by atoms with van der Waals surface area (Å²) in [4.78, 5) is 0.791. The third-order valence-corrected chi connectivity index (χ3v) is 6.87. The van der Waals surface area contributed by atoms with E-state index in [0.29, 0.717) is 5.75 Å². The Morgan fingerprint density at radius 3 is 2.60 bits per heavy atom. The Bertz CT molecular complexity index is 831. The molecule has 0 spiro atoms. The monoisotopic (exact) mass is 383 g/mol. The molecule has 1 heterocycles. The lowest BCUT2D eigenvalue weighted by molar-refractivity contribution is 0.0222. The summed E-state index contributed by atoms with van der Waals surface area (Å²) in [5, 5.41) is 12.9. The van der Waals surface area contributed by atoms with Crippen LogP contribution in [-0.4, -0.2) is 34.3 Å². The van der Waals surface area contributed by atoms with E-state index in [1.165, 1.54) is 37.7 Å². The summed E-state index contributed by atoms with van der Waals surface area (Å²) in [5.41, 5.74) is -1.18. The van der Waals surface area contributed by atoms with Gasteiger partial charge >= 0.3 is 0 Å². The van der Waals surface area contributed by atoms with E-state index in [2.05, 4.69) is 4.72 Å². The van der Waals surface area contributed by atoms with Crippen LogP contribution in [0.1, 0.15) is 17.7 Å². The molecule has 0 aliphatic heterocycles. The molecule has 1 atom stereocenters. The molecule has 136 valence electrons. The van der Waals surface area contributed by atoms with E-state index in [4.69, 9.17) is 9.47 Å². The number of sulfonamides is 1. The Hall–Kier alpha value is -1.61. The summed E-state index contributed by atoms with van der Waals surface area (Å²) in [6, 6.07) is 8.20. The van der Waals surface area contributed by atoms with Gasteiger partial charge in [-0.3, -0.25) is 0 Å². The quantitative estimate of drug-likeness (QED) is 0.731. The van der Waals surface area contributed by atoms with Crippen molar-refractivity contribution in [2.24, 2.45) is 5.92 Å². The van der Waals surface area contributed by atoms with Gasteiger partial charge in [-0.15, -0.1) is 11.3 Å². The van der Waals surface area contributed by atoms with Crippen molar-refractivity contribution in [3.8, 4) is 11.5 Å². The van der Waals surface area contributed by atoms with Crippen LogP contribution in [0.25, 0.3) is 0 Å². The Kier molecular flexibility index (Phi) is 5.06. The van der Waals surface area contributed by atoms with Gasteiger partial charge in [-0.1, -0.05) is 6.07 Å². The summed E-state index contributed by atoms with van der Waals surface area (Å²) < 4.78 is 38.3. The highest BCUT2D eigenvalue weighted by Crippen LogP contribution is 2.47. The molecular weight excluding hydrogens is 362 g/mol. The number of hydrogen-bond acceptors (Lipinski definition) is 6. The maximum absolute atomic E-state index is 12.7. The number of thiophene rings is 1. The van der Waals surface area contributed by atoms with Crippen LogP contribution in [0.4, 0.5) is 0 Å². The number of methoxy groups -OCH3 is 2. The van der Waals surface area contributed by atoms with E-state index in [1.54, 1.807) is 6.07 Å². The zero-order valence-corrected chi connectivity index (χ0v) is 15.7. The van der Waals surface area contributed by atoms with Crippen molar-refractivity contribution in [1.29, 1.82) is 0 Å². The second-order valence-electron chi connectivity index (χ2n) is 6.02. The van der Waals surface area contributed by atoms with Crippen LogP contribution in [0.2, 0.25) is 0 Å². The van der Waals surface area contributed by atoms with Gasteiger partial charge in [0, 0.05) is 17.5 Å². The fourth-order valence-corrected chi connectivity index (χ4v) is 4.92. The van der Waals surface area contributed by atoms with Crippen LogP contribution >= 0.6 is 11.3 Å². The summed E-state index contributed by atoms with van der Waals surface area (Å²) in [5.74, 6) is 0.772. The highest BCUT2D eigenvalue weighted by Gasteiger charge is 2.46. The third-order valence-electron chi connectivity index (χ3n) is 4.39. The van der Waals surface area contributed by atoms with E-state index < -0.39 is 15.6 Å². The maximum atomic E-state index is 12.7. The first-order valence-corrected chi connectivity index (χ1v) is 10.2. The van der Waals surface area contributed by atoms with E-state index >= 15 is 0 Å². The molecule has 8 heteroatoms. The smallest absolute Gasteiger partial charge is 0.244 e. The predicted molar refractivity (Wildman–Crippen MR) is 95.7 cm³/mol. The number of hydrogen-bond donors (Lipinski definition) is 2. The average Bonchev–Trinajstić information content (AvgIpc) is 3.34. The van der Waals surface area contributed by atoms with Crippen LogP contribution in [-0.2, 0) is 15.6 Å². The highest BCUT2D eigenvalue weighted by atomic mass is 32.2. The van der Waals surface area contributed by atoms with E-state index in [9.17, 15) is 13.5 Å². The molecule has 1 aliphatic rings. The van der Waals surface area contributed by atoms with E-state index in [-0.39, 0.29) is 23.1 Å². The Labute approximate surface area is 151 Å². The topological polar surface area (TPSA) is 84.9 Å². The third kappa shape index (κ3) is 3.67. The summed E-state index contributed by atoms with van der Waals surface area (Å²) in [6.45, 7) is -0.0737.